The van der Waals surface area contributed by atoms with Crippen LogP contribution in [0, 0.1) is 6.92 Å². The second-order valence-electron chi connectivity index (χ2n) is 6.72. The molecule has 0 heterocycles. The van der Waals surface area contributed by atoms with Gasteiger partial charge in [0.25, 0.3) is 5.91 Å². The van der Waals surface area contributed by atoms with Gasteiger partial charge in [0.1, 0.15) is 5.75 Å². The Morgan fingerprint density at radius 1 is 0.938 bits per heavy atom. The Morgan fingerprint density at radius 2 is 1.66 bits per heavy atom. The average Bonchev–Trinajstić information content (AvgIpc) is 2.78. The van der Waals surface area contributed by atoms with E-state index in [1.165, 1.54) is 24.4 Å². The molecule has 8 nitrogen and oxygen atoms in total. The minimum absolute atomic E-state index is 0.0378. The number of carbonyl (C=O) groups excluding carboxylic acids is 3. The number of benzene rings is 3. The van der Waals surface area contributed by atoms with Crippen molar-refractivity contribution in [2.75, 3.05) is 10.6 Å². The van der Waals surface area contributed by atoms with Crippen molar-refractivity contribution in [1.82, 2.24) is 5.43 Å². The number of hydrazone groups is 1. The van der Waals surface area contributed by atoms with Crippen LogP contribution in [0.1, 0.15) is 21.5 Å². The van der Waals surface area contributed by atoms with E-state index in [2.05, 4.69) is 37.1 Å². The molecule has 0 unspecified atom stereocenters. The lowest BCUT2D eigenvalue weighted by molar-refractivity contribution is -0.136. The third-order valence-electron chi connectivity index (χ3n) is 4.29. The number of hydrogen-bond acceptors (Lipinski definition) is 5. The number of hydrogen-bond donors (Lipinski definition) is 4. The maximum absolute atomic E-state index is 12.6. The van der Waals surface area contributed by atoms with E-state index < -0.39 is 17.7 Å². The molecule has 0 saturated carbocycles. The minimum atomic E-state index is -1.04. The molecule has 3 rings (SSSR count). The first-order valence-electron chi connectivity index (χ1n) is 9.43. The summed E-state index contributed by atoms with van der Waals surface area (Å²) in [7, 11) is 0. The zero-order valence-electron chi connectivity index (χ0n) is 16.9. The summed E-state index contributed by atoms with van der Waals surface area (Å²) in [5, 5.41) is 18.6. The average molecular weight is 495 g/mol. The van der Waals surface area contributed by atoms with Crippen molar-refractivity contribution in [3.63, 3.8) is 0 Å². The Labute approximate surface area is 192 Å². The standard InChI is InChI=1S/C23H19BrN4O4/c1-14-6-9-17(10-7-14)26-21(30)18-4-2-3-5-19(18)27-22(31)23(32)28-25-13-15-12-16(24)8-11-20(15)29/h2-13,29H,1H3,(H,26,30)(H,27,31)(H,28,32)/b25-13+. The van der Waals surface area contributed by atoms with Crippen LogP contribution in [0.2, 0.25) is 0 Å². The van der Waals surface area contributed by atoms with Gasteiger partial charge < -0.3 is 15.7 Å². The zero-order valence-corrected chi connectivity index (χ0v) is 18.5. The highest BCUT2D eigenvalue weighted by atomic mass is 79.9. The summed E-state index contributed by atoms with van der Waals surface area (Å²) in [5.41, 5.74) is 4.45. The smallest absolute Gasteiger partial charge is 0.329 e. The van der Waals surface area contributed by atoms with Gasteiger partial charge in [-0.05, 0) is 49.4 Å². The van der Waals surface area contributed by atoms with E-state index in [-0.39, 0.29) is 17.0 Å². The van der Waals surface area contributed by atoms with Gasteiger partial charge in [0.15, 0.2) is 0 Å². The number of carbonyl (C=O) groups is 3. The number of aromatic hydroxyl groups is 1. The molecule has 0 bridgehead atoms. The van der Waals surface area contributed by atoms with Crippen molar-refractivity contribution in [3.8, 4) is 5.75 Å². The summed E-state index contributed by atoms with van der Waals surface area (Å²) in [6.07, 6.45) is 1.20. The molecule has 3 aromatic carbocycles. The van der Waals surface area contributed by atoms with E-state index in [0.717, 1.165) is 5.56 Å². The number of aryl methyl sites for hydroxylation is 1. The number of anilines is 2. The van der Waals surface area contributed by atoms with Crippen LogP contribution in [0.15, 0.2) is 76.3 Å². The van der Waals surface area contributed by atoms with Crippen molar-refractivity contribution >= 4 is 51.2 Å². The van der Waals surface area contributed by atoms with Gasteiger partial charge in [-0.15, -0.1) is 0 Å². The quantitative estimate of drug-likeness (QED) is 0.245. The summed E-state index contributed by atoms with van der Waals surface area (Å²) < 4.78 is 0.710. The molecule has 3 aromatic rings. The van der Waals surface area contributed by atoms with Crippen LogP contribution in [0.3, 0.4) is 0 Å². The van der Waals surface area contributed by atoms with Crippen LogP contribution in [0.25, 0.3) is 0 Å². The van der Waals surface area contributed by atoms with Gasteiger partial charge in [0.2, 0.25) is 0 Å². The first kappa shape index (κ1) is 22.7. The molecule has 0 aliphatic heterocycles. The fourth-order valence-corrected chi connectivity index (χ4v) is 3.02. The van der Waals surface area contributed by atoms with E-state index in [1.54, 1.807) is 36.4 Å². The van der Waals surface area contributed by atoms with E-state index in [9.17, 15) is 19.5 Å². The largest absolute Gasteiger partial charge is 0.507 e. The van der Waals surface area contributed by atoms with Crippen LogP contribution >= 0.6 is 15.9 Å². The van der Waals surface area contributed by atoms with Crippen LogP contribution in [0.4, 0.5) is 11.4 Å². The summed E-state index contributed by atoms with van der Waals surface area (Å²) in [4.78, 5) is 37.0. The van der Waals surface area contributed by atoms with Gasteiger partial charge in [-0.2, -0.15) is 5.10 Å². The van der Waals surface area contributed by atoms with Gasteiger partial charge in [-0.1, -0.05) is 45.8 Å². The SMILES string of the molecule is Cc1ccc(NC(=O)c2ccccc2NC(=O)C(=O)N/N=C/c2cc(Br)ccc2O)cc1. The minimum Gasteiger partial charge on any atom is -0.507 e. The lowest BCUT2D eigenvalue weighted by Gasteiger charge is -2.11. The number of phenolic OH excluding ortho intramolecular Hbond substituents is 1. The highest BCUT2D eigenvalue weighted by molar-refractivity contribution is 9.10. The first-order valence-corrected chi connectivity index (χ1v) is 10.2. The molecule has 0 atom stereocenters. The molecule has 0 radical (unpaired) electrons. The van der Waals surface area contributed by atoms with Crippen molar-refractivity contribution in [1.29, 1.82) is 0 Å². The Bertz CT molecular complexity index is 1190. The third-order valence-corrected chi connectivity index (χ3v) is 4.79. The number of nitrogens with one attached hydrogen (secondary N) is 3. The molecule has 0 saturated heterocycles. The summed E-state index contributed by atoms with van der Waals surface area (Å²) in [6.45, 7) is 1.94. The highest BCUT2D eigenvalue weighted by Crippen LogP contribution is 2.20. The third kappa shape index (κ3) is 6.02. The predicted molar refractivity (Wildman–Crippen MR) is 126 cm³/mol. The molecule has 3 amide bonds. The molecule has 32 heavy (non-hydrogen) atoms. The van der Waals surface area contributed by atoms with Gasteiger partial charge in [0, 0.05) is 15.7 Å². The summed E-state index contributed by atoms with van der Waals surface area (Å²) in [5.74, 6) is -2.52. The molecule has 9 heteroatoms. The number of rotatable bonds is 5. The van der Waals surface area contributed by atoms with E-state index in [0.29, 0.717) is 15.7 Å². The molecule has 4 N–H and O–H groups in total. The number of phenols is 1. The summed E-state index contributed by atoms with van der Waals surface area (Å²) in [6, 6.07) is 18.3. The molecule has 0 aromatic heterocycles. The van der Waals surface area contributed by atoms with Gasteiger partial charge in [-0.3, -0.25) is 14.4 Å². The highest BCUT2D eigenvalue weighted by Gasteiger charge is 2.17. The van der Waals surface area contributed by atoms with Crippen LogP contribution < -0.4 is 16.1 Å². The van der Waals surface area contributed by atoms with E-state index >= 15 is 0 Å². The number of amides is 3. The topological polar surface area (TPSA) is 120 Å². The van der Waals surface area contributed by atoms with Gasteiger partial charge in [-0.25, -0.2) is 5.43 Å². The fraction of sp³-hybridized carbons (Fsp3) is 0.0435. The Kier molecular flexibility index (Phi) is 7.35. The van der Waals surface area contributed by atoms with Crippen LogP contribution in [0.5, 0.6) is 5.75 Å². The van der Waals surface area contributed by atoms with Gasteiger partial charge in [0.05, 0.1) is 17.5 Å². The second-order valence-corrected chi connectivity index (χ2v) is 7.64. The Hall–Kier alpha value is -3.98. The van der Waals surface area contributed by atoms with Crippen LogP contribution in [-0.2, 0) is 9.59 Å². The zero-order chi connectivity index (χ0) is 23.1. The molecule has 0 aliphatic carbocycles. The van der Waals surface area contributed by atoms with Crippen molar-refractivity contribution in [2.45, 2.75) is 6.92 Å². The molecule has 0 spiro atoms. The predicted octanol–water partition coefficient (Wildman–Crippen LogP) is 3.80. The molecular formula is C23H19BrN4O4. The van der Waals surface area contributed by atoms with Gasteiger partial charge >= 0.3 is 11.8 Å². The van der Waals surface area contributed by atoms with Crippen molar-refractivity contribution in [3.05, 3.63) is 87.9 Å². The van der Waals surface area contributed by atoms with Crippen molar-refractivity contribution < 1.29 is 19.5 Å². The molecule has 0 fully saturated rings. The van der Waals surface area contributed by atoms with E-state index in [1.807, 2.05) is 19.1 Å². The monoisotopic (exact) mass is 494 g/mol. The Balaban J connectivity index is 1.65. The van der Waals surface area contributed by atoms with Crippen LogP contribution in [-0.4, -0.2) is 29.0 Å². The number of para-hydroxylation sites is 1. The maximum Gasteiger partial charge on any atom is 0.329 e. The lowest BCUT2D eigenvalue weighted by Crippen LogP contribution is -2.33. The Morgan fingerprint density at radius 3 is 2.41 bits per heavy atom. The normalized spacial score (nSPS) is 10.6. The number of nitrogens with zero attached hydrogens (tertiary/aromatic N) is 1. The van der Waals surface area contributed by atoms with E-state index in [4.69, 9.17) is 0 Å². The molecule has 0 aliphatic rings. The fourth-order valence-electron chi connectivity index (χ4n) is 2.64. The summed E-state index contributed by atoms with van der Waals surface area (Å²) >= 11 is 3.26. The number of halogens is 1. The first-order chi connectivity index (χ1) is 15.3. The second kappa shape index (κ2) is 10.4. The van der Waals surface area contributed by atoms with Crippen molar-refractivity contribution in [2.24, 2.45) is 5.10 Å². The lowest BCUT2D eigenvalue weighted by atomic mass is 10.1. The molecule has 162 valence electrons. The maximum atomic E-state index is 12.6. The molecular weight excluding hydrogens is 476 g/mol.